The lowest BCUT2D eigenvalue weighted by Crippen LogP contribution is -2.29. The zero-order valence-electron chi connectivity index (χ0n) is 20.2. The summed E-state index contributed by atoms with van der Waals surface area (Å²) >= 11 is 0. The molecule has 1 fully saturated rings. The molecule has 1 amide bonds. The predicted molar refractivity (Wildman–Crippen MR) is 134 cm³/mol. The molecule has 6 heteroatoms. The Bertz CT molecular complexity index is 1320. The normalized spacial score (nSPS) is 17.0. The molecule has 1 atom stereocenters. The van der Waals surface area contributed by atoms with E-state index in [0.717, 1.165) is 23.1 Å². The molecule has 1 aliphatic rings. The van der Waals surface area contributed by atoms with Crippen LogP contribution in [-0.4, -0.2) is 22.8 Å². The molecular weight excluding hydrogens is 442 g/mol. The Morgan fingerprint density at radius 2 is 1.54 bits per heavy atom. The maximum Gasteiger partial charge on any atom is 0.308 e. The number of carbonyl (C=O) groups is 3. The maximum absolute atomic E-state index is 13.3. The molecule has 0 saturated carbocycles. The number of hydrogen-bond acceptors (Lipinski definition) is 5. The van der Waals surface area contributed by atoms with Crippen LogP contribution in [0.5, 0.6) is 5.75 Å². The van der Waals surface area contributed by atoms with Crippen LogP contribution in [0.4, 0.5) is 5.69 Å². The molecule has 0 aromatic heterocycles. The quantitative estimate of drug-likeness (QED) is 0.177. The fraction of sp³-hybridized carbons (Fsp3) is 0.207. The number of amides is 1. The van der Waals surface area contributed by atoms with Gasteiger partial charge in [-0.2, -0.15) is 0 Å². The van der Waals surface area contributed by atoms with E-state index in [4.69, 9.17) is 4.74 Å². The highest BCUT2D eigenvalue weighted by Crippen LogP contribution is 2.43. The van der Waals surface area contributed by atoms with E-state index in [0.29, 0.717) is 22.6 Å². The van der Waals surface area contributed by atoms with E-state index in [1.54, 1.807) is 36.4 Å². The van der Waals surface area contributed by atoms with Crippen LogP contribution in [-0.2, 0) is 20.8 Å². The molecule has 1 heterocycles. The Morgan fingerprint density at radius 1 is 0.943 bits per heavy atom. The van der Waals surface area contributed by atoms with Crippen molar-refractivity contribution in [3.63, 3.8) is 0 Å². The number of benzene rings is 3. The third kappa shape index (κ3) is 4.73. The number of aryl methyl sites for hydroxylation is 3. The van der Waals surface area contributed by atoms with E-state index in [1.807, 2.05) is 51.1 Å². The number of carbonyl (C=O) groups excluding carboxylic acids is 3. The number of rotatable bonds is 5. The van der Waals surface area contributed by atoms with Crippen molar-refractivity contribution >= 4 is 29.1 Å². The first-order valence-corrected chi connectivity index (χ1v) is 11.5. The van der Waals surface area contributed by atoms with Crippen molar-refractivity contribution in [1.82, 2.24) is 0 Å². The monoisotopic (exact) mass is 469 g/mol. The number of nitrogens with zero attached hydrogens (tertiary/aromatic N) is 1. The van der Waals surface area contributed by atoms with Gasteiger partial charge in [0.25, 0.3) is 11.7 Å². The van der Waals surface area contributed by atoms with Crippen molar-refractivity contribution in [3.05, 3.63) is 100 Å². The van der Waals surface area contributed by atoms with Gasteiger partial charge in [0.15, 0.2) is 0 Å². The molecule has 178 valence electrons. The number of aliphatic hydroxyl groups is 1. The largest absolute Gasteiger partial charge is 0.507 e. The molecule has 1 N–H and O–H groups in total. The van der Waals surface area contributed by atoms with Gasteiger partial charge in [0.2, 0.25) is 0 Å². The summed E-state index contributed by atoms with van der Waals surface area (Å²) in [4.78, 5) is 39.4. The summed E-state index contributed by atoms with van der Waals surface area (Å²) in [6.45, 7) is 7.19. The van der Waals surface area contributed by atoms with Gasteiger partial charge in [0, 0.05) is 18.2 Å². The summed E-state index contributed by atoms with van der Waals surface area (Å²) in [5.74, 6) is -1.80. The molecule has 1 saturated heterocycles. The number of Topliss-reactive ketones (excluding diaryl/α,β-unsaturated/α-hetero) is 1. The van der Waals surface area contributed by atoms with Crippen LogP contribution in [0.3, 0.4) is 0 Å². The van der Waals surface area contributed by atoms with Gasteiger partial charge in [-0.25, -0.2) is 0 Å². The Labute approximate surface area is 204 Å². The second-order valence-electron chi connectivity index (χ2n) is 8.73. The van der Waals surface area contributed by atoms with E-state index in [1.165, 1.54) is 11.8 Å². The Balaban J connectivity index is 1.90. The minimum Gasteiger partial charge on any atom is -0.507 e. The lowest BCUT2D eigenvalue weighted by Gasteiger charge is -2.26. The second kappa shape index (κ2) is 9.58. The van der Waals surface area contributed by atoms with Gasteiger partial charge < -0.3 is 9.84 Å². The molecule has 35 heavy (non-hydrogen) atoms. The van der Waals surface area contributed by atoms with Crippen LogP contribution in [0, 0.1) is 13.8 Å². The summed E-state index contributed by atoms with van der Waals surface area (Å²) in [6, 6.07) is 18.7. The van der Waals surface area contributed by atoms with Crippen LogP contribution in [0.2, 0.25) is 0 Å². The molecule has 1 unspecified atom stereocenters. The summed E-state index contributed by atoms with van der Waals surface area (Å²) < 4.78 is 5.13. The van der Waals surface area contributed by atoms with Gasteiger partial charge in [-0.15, -0.1) is 0 Å². The second-order valence-corrected chi connectivity index (χ2v) is 8.73. The van der Waals surface area contributed by atoms with Crippen molar-refractivity contribution in [2.24, 2.45) is 0 Å². The van der Waals surface area contributed by atoms with Gasteiger partial charge in [-0.3, -0.25) is 19.3 Å². The van der Waals surface area contributed by atoms with Gasteiger partial charge in [-0.1, -0.05) is 49.4 Å². The average Bonchev–Trinajstić information content (AvgIpc) is 3.08. The molecule has 3 aromatic rings. The topological polar surface area (TPSA) is 83.9 Å². The summed E-state index contributed by atoms with van der Waals surface area (Å²) in [5.41, 5.74) is 4.63. The zero-order chi connectivity index (χ0) is 25.3. The van der Waals surface area contributed by atoms with Gasteiger partial charge >= 0.3 is 5.97 Å². The van der Waals surface area contributed by atoms with E-state index in [9.17, 15) is 19.5 Å². The molecule has 0 bridgehead atoms. The first-order valence-electron chi connectivity index (χ1n) is 11.5. The highest BCUT2D eigenvalue weighted by Gasteiger charge is 2.47. The van der Waals surface area contributed by atoms with Crippen molar-refractivity contribution < 1.29 is 24.2 Å². The maximum atomic E-state index is 13.3. The third-order valence-electron chi connectivity index (χ3n) is 6.02. The Hall–Kier alpha value is -4.19. The van der Waals surface area contributed by atoms with E-state index >= 15 is 0 Å². The fourth-order valence-corrected chi connectivity index (χ4v) is 4.44. The van der Waals surface area contributed by atoms with Gasteiger partial charge in [-0.05, 0) is 66.8 Å². The number of ether oxygens (including phenoxy) is 1. The van der Waals surface area contributed by atoms with Crippen LogP contribution in [0.25, 0.3) is 5.76 Å². The van der Waals surface area contributed by atoms with Gasteiger partial charge in [0.1, 0.15) is 11.5 Å². The smallest absolute Gasteiger partial charge is 0.308 e. The minimum absolute atomic E-state index is 0.0126. The first kappa shape index (κ1) is 24.0. The standard InChI is InChI=1S/C29H27NO5/c1-5-20-6-8-22(9-7-20)27(32)25-26(21-10-12-24(13-11-21)35-19(4)31)30(29(34)28(25)33)23-15-17(2)14-18(3)16-23/h6-16,26,32H,5H2,1-4H3/b27-25+. The summed E-state index contributed by atoms with van der Waals surface area (Å²) in [7, 11) is 0. The SMILES string of the molecule is CCc1ccc(/C(O)=C2\C(=O)C(=O)N(c3cc(C)cc(C)c3)C2c2ccc(OC(C)=O)cc2)cc1. The molecule has 0 aliphatic carbocycles. The Kier molecular flexibility index (Phi) is 6.56. The third-order valence-corrected chi connectivity index (χ3v) is 6.02. The summed E-state index contributed by atoms with van der Waals surface area (Å²) in [5, 5.41) is 11.3. The van der Waals surface area contributed by atoms with Crippen molar-refractivity contribution in [3.8, 4) is 5.75 Å². The van der Waals surface area contributed by atoms with Gasteiger partial charge in [0.05, 0.1) is 11.6 Å². The molecule has 4 rings (SSSR count). The molecule has 3 aromatic carbocycles. The van der Waals surface area contributed by atoms with Crippen molar-refractivity contribution in [1.29, 1.82) is 0 Å². The number of esters is 1. The van der Waals surface area contributed by atoms with E-state index in [-0.39, 0.29) is 11.3 Å². The number of anilines is 1. The van der Waals surface area contributed by atoms with Crippen LogP contribution in [0.1, 0.15) is 47.7 Å². The number of ketones is 1. The predicted octanol–water partition coefficient (Wildman–Crippen LogP) is 5.42. The molecule has 0 spiro atoms. The molecular formula is C29H27NO5. The first-order chi connectivity index (χ1) is 16.7. The van der Waals surface area contributed by atoms with Crippen LogP contribution in [0.15, 0.2) is 72.3 Å². The number of aliphatic hydroxyl groups excluding tert-OH is 1. The minimum atomic E-state index is -0.853. The number of hydrogen-bond donors (Lipinski definition) is 1. The molecule has 0 radical (unpaired) electrons. The fourth-order valence-electron chi connectivity index (χ4n) is 4.44. The van der Waals surface area contributed by atoms with Crippen molar-refractivity contribution in [2.75, 3.05) is 4.90 Å². The van der Waals surface area contributed by atoms with E-state index in [2.05, 4.69) is 0 Å². The average molecular weight is 470 g/mol. The van der Waals surface area contributed by atoms with Crippen LogP contribution >= 0.6 is 0 Å². The molecule has 6 nitrogen and oxygen atoms in total. The highest BCUT2D eigenvalue weighted by molar-refractivity contribution is 6.51. The van der Waals surface area contributed by atoms with Crippen LogP contribution < -0.4 is 9.64 Å². The molecule has 1 aliphatic heterocycles. The van der Waals surface area contributed by atoms with Crippen molar-refractivity contribution in [2.45, 2.75) is 40.2 Å². The lowest BCUT2D eigenvalue weighted by molar-refractivity contribution is -0.132. The summed E-state index contributed by atoms with van der Waals surface area (Å²) in [6.07, 6.45) is 0.840. The lowest BCUT2D eigenvalue weighted by atomic mass is 9.94. The van der Waals surface area contributed by atoms with E-state index < -0.39 is 23.7 Å². The zero-order valence-corrected chi connectivity index (χ0v) is 20.2. The Morgan fingerprint density at radius 3 is 2.09 bits per heavy atom. The highest BCUT2D eigenvalue weighted by atomic mass is 16.5.